The topological polar surface area (TPSA) is 33.0 Å². The zero-order valence-corrected chi connectivity index (χ0v) is 9.96. The van der Waals surface area contributed by atoms with Crippen molar-refractivity contribution < 1.29 is 4.74 Å². The Hall–Kier alpha value is -0.850. The summed E-state index contributed by atoms with van der Waals surface area (Å²) in [7, 11) is 0. The van der Waals surface area contributed by atoms with Gasteiger partial charge < -0.3 is 4.74 Å². The molecule has 0 aliphatic carbocycles. The SMILES string of the molecule is N#CC1(c2ccc(Br)cc2)CCCOC1. The lowest BCUT2D eigenvalue weighted by atomic mass is 9.78. The minimum absolute atomic E-state index is 0.432. The highest BCUT2D eigenvalue weighted by Gasteiger charge is 2.34. The van der Waals surface area contributed by atoms with E-state index in [0.717, 1.165) is 29.5 Å². The van der Waals surface area contributed by atoms with Crippen LogP contribution in [0.4, 0.5) is 0 Å². The van der Waals surface area contributed by atoms with Gasteiger partial charge in [0.25, 0.3) is 0 Å². The standard InChI is InChI=1S/C12H12BrNO/c13-11-4-2-10(3-5-11)12(8-14)6-1-7-15-9-12/h2-5H,1,6-7,9H2. The van der Waals surface area contributed by atoms with Crippen molar-refractivity contribution in [1.29, 1.82) is 5.26 Å². The van der Waals surface area contributed by atoms with E-state index in [-0.39, 0.29) is 0 Å². The molecule has 2 nitrogen and oxygen atoms in total. The monoisotopic (exact) mass is 265 g/mol. The molecular weight excluding hydrogens is 254 g/mol. The van der Waals surface area contributed by atoms with E-state index in [1.807, 2.05) is 24.3 Å². The number of benzene rings is 1. The maximum Gasteiger partial charge on any atom is 0.106 e. The molecule has 2 rings (SSSR count). The largest absolute Gasteiger partial charge is 0.379 e. The lowest BCUT2D eigenvalue weighted by Crippen LogP contribution is -2.34. The van der Waals surface area contributed by atoms with E-state index in [0.29, 0.717) is 6.61 Å². The molecule has 0 saturated carbocycles. The molecule has 1 aromatic rings. The molecule has 0 amide bonds. The number of ether oxygens (including phenoxy) is 1. The number of nitriles is 1. The summed E-state index contributed by atoms with van der Waals surface area (Å²) < 4.78 is 6.46. The molecular formula is C12H12BrNO. The van der Waals surface area contributed by atoms with E-state index in [1.165, 1.54) is 0 Å². The molecule has 0 aromatic heterocycles. The Kier molecular flexibility index (Phi) is 3.08. The maximum absolute atomic E-state index is 9.32. The molecule has 0 N–H and O–H groups in total. The van der Waals surface area contributed by atoms with Crippen molar-refractivity contribution in [3.05, 3.63) is 34.3 Å². The first-order valence-electron chi connectivity index (χ1n) is 5.02. The van der Waals surface area contributed by atoms with Gasteiger partial charge in [-0.3, -0.25) is 0 Å². The van der Waals surface area contributed by atoms with Crippen LogP contribution in [-0.4, -0.2) is 13.2 Å². The lowest BCUT2D eigenvalue weighted by molar-refractivity contribution is 0.0563. The fourth-order valence-corrected chi connectivity index (χ4v) is 2.21. The third kappa shape index (κ3) is 2.06. The second-order valence-electron chi connectivity index (χ2n) is 3.86. The number of hydrogen-bond acceptors (Lipinski definition) is 2. The van der Waals surface area contributed by atoms with E-state index in [4.69, 9.17) is 4.74 Å². The van der Waals surface area contributed by atoms with E-state index < -0.39 is 5.41 Å². The molecule has 1 aliphatic heterocycles. The van der Waals surface area contributed by atoms with Crippen LogP contribution in [0.5, 0.6) is 0 Å². The summed E-state index contributed by atoms with van der Waals surface area (Å²) in [6, 6.07) is 10.4. The highest BCUT2D eigenvalue weighted by molar-refractivity contribution is 9.10. The van der Waals surface area contributed by atoms with Crippen LogP contribution in [0.3, 0.4) is 0 Å². The van der Waals surface area contributed by atoms with Gasteiger partial charge in [0.2, 0.25) is 0 Å². The van der Waals surface area contributed by atoms with Gasteiger partial charge >= 0.3 is 0 Å². The minimum Gasteiger partial charge on any atom is -0.379 e. The molecule has 0 spiro atoms. The van der Waals surface area contributed by atoms with Gasteiger partial charge in [0, 0.05) is 11.1 Å². The Bertz CT molecular complexity index is 374. The summed E-state index contributed by atoms with van der Waals surface area (Å²) in [6.45, 7) is 1.30. The fraction of sp³-hybridized carbons (Fsp3) is 0.417. The third-order valence-corrected chi connectivity index (χ3v) is 3.38. The van der Waals surface area contributed by atoms with Crippen LogP contribution in [0.2, 0.25) is 0 Å². The van der Waals surface area contributed by atoms with E-state index in [1.54, 1.807) is 0 Å². The summed E-state index contributed by atoms with van der Waals surface area (Å²) in [5, 5.41) is 9.32. The van der Waals surface area contributed by atoms with Crippen molar-refractivity contribution in [2.45, 2.75) is 18.3 Å². The predicted octanol–water partition coefficient (Wildman–Crippen LogP) is 3.02. The van der Waals surface area contributed by atoms with Crippen LogP contribution >= 0.6 is 15.9 Å². The quantitative estimate of drug-likeness (QED) is 0.782. The van der Waals surface area contributed by atoms with Crippen molar-refractivity contribution in [3.8, 4) is 6.07 Å². The molecule has 1 aliphatic rings. The summed E-state index contributed by atoms with van der Waals surface area (Å²) in [6.07, 6.45) is 1.86. The van der Waals surface area contributed by atoms with Gasteiger partial charge in [-0.15, -0.1) is 0 Å². The van der Waals surface area contributed by atoms with Crippen LogP contribution in [0, 0.1) is 11.3 Å². The normalized spacial score (nSPS) is 25.9. The number of rotatable bonds is 1. The second-order valence-corrected chi connectivity index (χ2v) is 4.77. The first kappa shape index (κ1) is 10.7. The molecule has 1 saturated heterocycles. The van der Waals surface area contributed by atoms with Crippen molar-refractivity contribution >= 4 is 15.9 Å². The Labute approximate surface area is 98.0 Å². The molecule has 1 aromatic carbocycles. The van der Waals surface area contributed by atoms with Crippen LogP contribution in [0.1, 0.15) is 18.4 Å². The number of halogens is 1. The lowest BCUT2D eigenvalue weighted by Gasteiger charge is -2.30. The zero-order valence-electron chi connectivity index (χ0n) is 8.37. The summed E-state index contributed by atoms with van der Waals surface area (Å²) in [4.78, 5) is 0. The Morgan fingerprint density at radius 3 is 2.60 bits per heavy atom. The second kappa shape index (κ2) is 4.34. The first-order chi connectivity index (χ1) is 7.27. The molecule has 1 heterocycles. The summed E-state index contributed by atoms with van der Waals surface area (Å²) in [5.41, 5.74) is 0.631. The number of hydrogen-bond donors (Lipinski definition) is 0. The van der Waals surface area contributed by atoms with Crippen LogP contribution in [0.15, 0.2) is 28.7 Å². The third-order valence-electron chi connectivity index (χ3n) is 2.85. The average molecular weight is 266 g/mol. The van der Waals surface area contributed by atoms with Crippen LogP contribution in [-0.2, 0) is 10.2 Å². The molecule has 0 radical (unpaired) electrons. The Balaban J connectivity index is 2.33. The van der Waals surface area contributed by atoms with E-state index in [2.05, 4.69) is 22.0 Å². The van der Waals surface area contributed by atoms with Gasteiger partial charge in [-0.25, -0.2) is 0 Å². The van der Waals surface area contributed by atoms with Gasteiger partial charge in [-0.1, -0.05) is 28.1 Å². The fourth-order valence-electron chi connectivity index (χ4n) is 1.94. The van der Waals surface area contributed by atoms with Crippen molar-refractivity contribution in [2.75, 3.05) is 13.2 Å². The first-order valence-corrected chi connectivity index (χ1v) is 5.81. The number of nitrogens with zero attached hydrogens (tertiary/aromatic N) is 1. The molecule has 0 bridgehead atoms. The molecule has 3 heteroatoms. The van der Waals surface area contributed by atoms with E-state index in [9.17, 15) is 5.26 Å². The Morgan fingerprint density at radius 1 is 1.33 bits per heavy atom. The van der Waals surface area contributed by atoms with Gasteiger partial charge in [0.15, 0.2) is 0 Å². The molecule has 1 unspecified atom stereocenters. The predicted molar refractivity (Wildman–Crippen MR) is 61.5 cm³/mol. The van der Waals surface area contributed by atoms with E-state index >= 15 is 0 Å². The molecule has 1 atom stereocenters. The van der Waals surface area contributed by atoms with Crippen molar-refractivity contribution in [3.63, 3.8) is 0 Å². The van der Waals surface area contributed by atoms with Crippen LogP contribution in [0.25, 0.3) is 0 Å². The summed E-state index contributed by atoms with van der Waals surface area (Å²) in [5.74, 6) is 0. The summed E-state index contributed by atoms with van der Waals surface area (Å²) >= 11 is 3.39. The van der Waals surface area contributed by atoms with Gasteiger partial charge in [-0.2, -0.15) is 5.26 Å². The highest BCUT2D eigenvalue weighted by Crippen LogP contribution is 2.32. The average Bonchev–Trinajstić information content (AvgIpc) is 2.31. The van der Waals surface area contributed by atoms with Crippen molar-refractivity contribution in [1.82, 2.24) is 0 Å². The van der Waals surface area contributed by atoms with Gasteiger partial charge in [-0.05, 0) is 30.5 Å². The molecule has 15 heavy (non-hydrogen) atoms. The van der Waals surface area contributed by atoms with Gasteiger partial charge in [0.05, 0.1) is 12.7 Å². The molecule has 1 fully saturated rings. The van der Waals surface area contributed by atoms with Gasteiger partial charge in [0.1, 0.15) is 5.41 Å². The maximum atomic E-state index is 9.32. The zero-order chi connectivity index (χ0) is 10.7. The van der Waals surface area contributed by atoms with Crippen molar-refractivity contribution in [2.24, 2.45) is 0 Å². The Morgan fingerprint density at radius 2 is 2.07 bits per heavy atom. The molecule has 78 valence electrons. The minimum atomic E-state index is -0.432. The van der Waals surface area contributed by atoms with Crippen LogP contribution < -0.4 is 0 Å². The smallest absolute Gasteiger partial charge is 0.106 e. The highest BCUT2D eigenvalue weighted by atomic mass is 79.9.